The maximum absolute atomic E-state index is 12.6. The minimum absolute atomic E-state index is 0.208. The van der Waals surface area contributed by atoms with Crippen LogP contribution in [0.3, 0.4) is 0 Å². The van der Waals surface area contributed by atoms with E-state index in [9.17, 15) is 9.59 Å². The fourth-order valence-electron chi connectivity index (χ4n) is 2.94. The highest BCUT2D eigenvalue weighted by atomic mass is 32.1. The molecule has 0 saturated carbocycles. The molecule has 2 amide bonds. The Bertz CT molecular complexity index is 794. The summed E-state index contributed by atoms with van der Waals surface area (Å²) in [6, 6.07) is 5.21. The molecule has 3 N–H and O–H groups in total. The minimum atomic E-state index is -0.511. The molecule has 6 nitrogen and oxygen atoms in total. The van der Waals surface area contributed by atoms with Crippen LogP contribution in [-0.4, -0.2) is 29.9 Å². The second-order valence-corrected chi connectivity index (χ2v) is 7.10. The highest BCUT2D eigenvalue weighted by Gasteiger charge is 2.20. The van der Waals surface area contributed by atoms with Crippen LogP contribution in [0.2, 0.25) is 0 Å². The van der Waals surface area contributed by atoms with Gasteiger partial charge in [-0.05, 0) is 44.9 Å². The lowest BCUT2D eigenvalue weighted by molar-refractivity contribution is 0.0996. The third-order valence-corrected chi connectivity index (χ3v) is 5.16. The molecule has 0 aliphatic carbocycles. The van der Waals surface area contributed by atoms with E-state index < -0.39 is 5.91 Å². The van der Waals surface area contributed by atoms with E-state index in [0.29, 0.717) is 21.8 Å². The van der Waals surface area contributed by atoms with Gasteiger partial charge in [-0.25, -0.2) is 4.98 Å². The predicted octanol–water partition coefficient (Wildman–Crippen LogP) is 2.71. The van der Waals surface area contributed by atoms with E-state index in [0.717, 1.165) is 36.6 Å². The Hall–Kier alpha value is -2.41. The van der Waals surface area contributed by atoms with Crippen molar-refractivity contribution in [1.29, 1.82) is 0 Å². The summed E-state index contributed by atoms with van der Waals surface area (Å²) in [6.45, 7) is 5.58. The Morgan fingerprint density at radius 1 is 1.25 bits per heavy atom. The fourth-order valence-corrected chi connectivity index (χ4v) is 3.76. The standard InChI is InChI=1S/C17H20N4O2S/c1-10-15(24-11(2)19-10)17(23)20-13-9-12(16(18)22)5-6-14(13)21-7-3-4-8-21/h5-6,9H,3-4,7-8H2,1-2H3,(H2,18,22)(H,20,23). The summed E-state index contributed by atoms with van der Waals surface area (Å²) in [4.78, 5) is 31.2. The molecule has 2 heterocycles. The number of nitrogens with zero attached hydrogens (tertiary/aromatic N) is 2. The van der Waals surface area contributed by atoms with Crippen molar-refractivity contribution in [2.75, 3.05) is 23.3 Å². The van der Waals surface area contributed by atoms with Crippen LogP contribution >= 0.6 is 11.3 Å². The van der Waals surface area contributed by atoms with Gasteiger partial charge in [0.25, 0.3) is 5.91 Å². The quantitative estimate of drug-likeness (QED) is 0.892. The van der Waals surface area contributed by atoms with Gasteiger partial charge in [0, 0.05) is 18.7 Å². The zero-order valence-corrected chi connectivity index (χ0v) is 14.6. The normalized spacial score (nSPS) is 14.0. The van der Waals surface area contributed by atoms with E-state index in [1.165, 1.54) is 11.3 Å². The molecule has 24 heavy (non-hydrogen) atoms. The van der Waals surface area contributed by atoms with E-state index in [2.05, 4.69) is 15.2 Å². The maximum Gasteiger partial charge on any atom is 0.267 e. The summed E-state index contributed by atoms with van der Waals surface area (Å²) in [6.07, 6.45) is 2.25. The van der Waals surface area contributed by atoms with E-state index >= 15 is 0 Å². The molecule has 0 spiro atoms. The van der Waals surface area contributed by atoms with Crippen LogP contribution in [0.4, 0.5) is 11.4 Å². The molecule has 1 aromatic heterocycles. The first-order valence-corrected chi connectivity index (χ1v) is 8.71. The molecule has 0 bridgehead atoms. The Kier molecular flexibility index (Phi) is 4.53. The van der Waals surface area contributed by atoms with Crippen LogP contribution in [0, 0.1) is 13.8 Å². The van der Waals surface area contributed by atoms with Crippen molar-refractivity contribution in [3.8, 4) is 0 Å². The molecular formula is C17H20N4O2S. The number of aromatic nitrogens is 1. The van der Waals surface area contributed by atoms with Crippen molar-refractivity contribution in [2.24, 2.45) is 5.73 Å². The first-order chi connectivity index (χ1) is 11.5. The highest BCUT2D eigenvalue weighted by Crippen LogP contribution is 2.31. The third kappa shape index (κ3) is 3.26. The van der Waals surface area contributed by atoms with Crippen molar-refractivity contribution < 1.29 is 9.59 Å². The molecule has 1 aliphatic heterocycles. The first kappa shape index (κ1) is 16.4. The van der Waals surface area contributed by atoms with E-state index in [-0.39, 0.29) is 5.91 Å². The highest BCUT2D eigenvalue weighted by molar-refractivity contribution is 7.13. The van der Waals surface area contributed by atoms with Crippen molar-refractivity contribution in [2.45, 2.75) is 26.7 Å². The molecule has 126 valence electrons. The molecule has 7 heteroatoms. The molecule has 3 rings (SSSR count). The number of primary amides is 1. The van der Waals surface area contributed by atoms with E-state index in [4.69, 9.17) is 5.73 Å². The van der Waals surface area contributed by atoms with Gasteiger partial charge in [0.1, 0.15) is 4.88 Å². The lowest BCUT2D eigenvalue weighted by Crippen LogP contribution is -2.22. The van der Waals surface area contributed by atoms with Crippen LogP contribution in [0.15, 0.2) is 18.2 Å². The fraction of sp³-hybridized carbons (Fsp3) is 0.353. The number of carbonyl (C=O) groups excluding carboxylic acids is 2. The van der Waals surface area contributed by atoms with Crippen molar-refractivity contribution >= 4 is 34.5 Å². The van der Waals surface area contributed by atoms with Crippen LogP contribution in [0.5, 0.6) is 0 Å². The smallest absolute Gasteiger partial charge is 0.267 e. The van der Waals surface area contributed by atoms with Crippen molar-refractivity contribution in [3.63, 3.8) is 0 Å². The first-order valence-electron chi connectivity index (χ1n) is 7.90. The van der Waals surface area contributed by atoms with Gasteiger partial charge in [-0.15, -0.1) is 11.3 Å². The summed E-state index contributed by atoms with van der Waals surface area (Å²) in [5.41, 5.74) is 8.01. The maximum atomic E-state index is 12.6. The molecule has 1 saturated heterocycles. The van der Waals surface area contributed by atoms with Crippen molar-refractivity contribution in [1.82, 2.24) is 4.98 Å². The summed E-state index contributed by atoms with van der Waals surface area (Å²) in [5.74, 6) is -0.719. The average Bonchev–Trinajstić information content (AvgIpc) is 3.16. The SMILES string of the molecule is Cc1nc(C)c(C(=O)Nc2cc(C(N)=O)ccc2N2CCCC2)s1. The van der Waals surface area contributed by atoms with Gasteiger partial charge in [-0.3, -0.25) is 9.59 Å². The zero-order chi connectivity index (χ0) is 17.3. The Labute approximate surface area is 144 Å². The van der Waals surface area contributed by atoms with Crippen LogP contribution in [0.25, 0.3) is 0 Å². The average molecular weight is 344 g/mol. The lowest BCUT2D eigenvalue weighted by Gasteiger charge is -2.22. The molecule has 0 unspecified atom stereocenters. The molecule has 1 aliphatic rings. The number of hydrogen-bond donors (Lipinski definition) is 2. The van der Waals surface area contributed by atoms with Gasteiger partial charge >= 0.3 is 0 Å². The Balaban J connectivity index is 1.94. The van der Waals surface area contributed by atoms with Gasteiger partial charge in [0.2, 0.25) is 5.91 Å². The number of benzene rings is 1. The number of thiazole rings is 1. The summed E-state index contributed by atoms with van der Waals surface area (Å²) >= 11 is 1.36. The Morgan fingerprint density at radius 2 is 1.96 bits per heavy atom. The van der Waals surface area contributed by atoms with Crippen LogP contribution in [0.1, 0.15) is 43.6 Å². The second-order valence-electron chi connectivity index (χ2n) is 5.89. The van der Waals surface area contributed by atoms with Gasteiger partial charge < -0.3 is 16.0 Å². The number of nitrogens with one attached hydrogen (secondary N) is 1. The van der Waals surface area contributed by atoms with E-state index in [1.54, 1.807) is 12.1 Å². The van der Waals surface area contributed by atoms with Gasteiger partial charge in [-0.2, -0.15) is 0 Å². The molecular weight excluding hydrogens is 324 g/mol. The molecule has 0 atom stereocenters. The number of anilines is 2. The third-order valence-electron chi connectivity index (χ3n) is 4.09. The largest absolute Gasteiger partial charge is 0.370 e. The number of amides is 2. The summed E-state index contributed by atoms with van der Waals surface area (Å²) < 4.78 is 0. The Morgan fingerprint density at radius 3 is 2.54 bits per heavy atom. The van der Waals surface area contributed by atoms with E-state index in [1.807, 2.05) is 19.9 Å². The van der Waals surface area contributed by atoms with Crippen molar-refractivity contribution in [3.05, 3.63) is 39.3 Å². The van der Waals surface area contributed by atoms with Gasteiger partial charge in [-0.1, -0.05) is 0 Å². The molecule has 1 fully saturated rings. The summed E-state index contributed by atoms with van der Waals surface area (Å²) in [7, 11) is 0. The number of nitrogens with two attached hydrogens (primary N) is 1. The molecule has 2 aromatic rings. The predicted molar refractivity (Wildman–Crippen MR) is 95.9 cm³/mol. The lowest BCUT2D eigenvalue weighted by atomic mass is 10.1. The number of carbonyl (C=O) groups is 2. The number of hydrogen-bond acceptors (Lipinski definition) is 5. The number of aryl methyl sites for hydroxylation is 2. The van der Waals surface area contributed by atoms with Crippen LogP contribution in [-0.2, 0) is 0 Å². The zero-order valence-electron chi connectivity index (χ0n) is 13.8. The second kappa shape index (κ2) is 6.60. The minimum Gasteiger partial charge on any atom is -0.370 e. The van der Waals surface area contributed by atoms with Gasteiger partial charge in [0.15, 0.2) is 0 Å². The number of rotatable bonds is 4. The molecule has 0 radical (unpaired) electrons. The van der Waals surface area contributed by atoms with Crippen LogP contribution < -0.4 is 16.0 Å². The topological polar surface area (TPSA) is 88.3 Å². The van der Waals surface area contributed by atoms with Gasteiger partial charge in [0.05, 0.1) is 22.1 Å². The monoisotopic (exact) mass is 344 g/mol. The molecule has 1 aromatic carbocycles. The summed E-state index contributed by atoms with van der Waals surface area (Å²) in [5, 5.41) is 3.79.